The van der Waals surface area contributed by atoms with E-state index in [-0.39, 0.29) is 50.6 Å². The standard InChI is InChI=1S/C33H34ClF4N5O8/c1-47-32(46)43(30(44)29(39)28(18-2-5-20(34)6-3-18)19-4-9-26-27(10-19)51-17-50-26)25-13-40-12-24(35)23(25)8-7-22-11-41-21(14-48-22)15-49-31(45)42-16-33(36,37)38/h2-6,9-10,12-13,21-22,28-29,41H,7-8,11,14-17,39H2,1H3,(H,42,45)/t21-,22+,28-,29-/m0/s1. The monoisotopic (exact) mass is 739 g/mol. The first-order chi connectivity index (χ1) is 24.3. The van der Waals surface area contributed by atoms with Crippen LogP contribution in [0.1, 0.15) is 29.0 Å². The molecule has 4 atom stereocenters. The molecule has 18 heteroatoms. The van der Waals surface area contributed by atoms with Gasteiger partial charge in [-0.05, 0) is 48.2 Å². The molecule has 274 valence electrons. The number of hydrogen-bond acceptors (Lipinski definition) is 11. The van der Waals surface area contributed by atoms with Crippen LogP contribution in [0.15, 0.2) is 54.9 Å². The second kappa shape index (κ2) is 16.5. The van der Waals surface area contributed by atoms with Crippen LogP contribution in [0.25, 0.3) is 0 Å². The van der Waals surface area contributed by atoms with E-state index in [1.807, 2.05) is 0 Å². The molecule has 3 aromatic rings. The first kappa shape index (κ1) is 37.5. The van der Waals surface area contributed by atoms with Crippen molar-refractivity contribution in [2.45, 2.75) is 43.1 Å². The van der Waals surface area contributed by atoms with E-state index in [0.717, 1.165) is 19.5 Å². The van der Waals surface area contributed by atoms with Crippen molar-refractivity contribution >= 4 is 35.4 Å². The smallest absolute Gasteiger partial charge is 0.421 e. The average molecular weight is 740 g/mol. The molecule has 2 aliphatic heterocycles. The minimum Gasteiger partial charge on any atom is -0.454 e. The molecule has 51 heavy (non-hydrogen) atoms. The Morgan fingerprint density at radius 1 is 1.12 bits per heavy atom. The number of rotatable bonds is 11. The van der Waals surface area contributed by atoms with Crippen LogP contribution in [0.3, 0.4) is 0 Å². The largest absolute Gasteiger partial charge is 0.454 e. The summed E-state index contributed by atoms with van der Waals surface area (Å²) in [5.74, 6) is -1.60. The SMILES string of the molecule is COC(=O)N(C(=O)[C@@H](N)[C@@H](c1ccc(Cl)cc1)c1ccc2c(c1)OCO2)c1cncc(F)c1CC[C@@H]1CN[C@H](COC(=O)NCC(F)(F)F)CO1. The van der Waals surface area contributed by atoms with Crippen molar-refractivity contribution in [3.8, 4) is 11.5 Å². The van der Waals surface area contributed by atoms with Crippen LogP contribution < -0.4 is 30.7 Å². The Morgan fingerprint density at radius 2 is 1.84 bits per heavy atom. The lowest BCUT2D eigenvalue weighted by Crippen LogP contribution is -2.50. The third-order valence-electron chi connectivity index (χ3n) is 8.16. The van der Waals surface area contributed by atoms with Gasteiger partial charge in [0.2, 0.25) is 6.79 Å². The summed E-state index contributed by atoms with van der Waals surface area (Å²) in [7, 11) is 1.07. The third-order valence-corrected chi connectivity index (χ3v) is 8.41. The number of nitrogens with one attached hydrogen (secondary N) is 2. The molecule has 1 saturated heterocycles. The van der Waals surface area contributed by atoms with E-state index in [1.165, 1.54) is 0 Å². The number of benzene rings is 2. The van der Waals surface area contributed by atoms with Crippen LogP contribution in [0.4, 0.5) is 32.8 Å². The molecule has 0 spiro atoms. The molecule has 3 amide bonds. The number of nitrogens with two attached hydrogens (primary N) is 1. The van der Waals surface area contributed by atoms with E-state index in [0.29, 0.717) is 32.5 Å². The van der Waals surface area contributed by atoms with Gasteiger partial charge in [-0.2, -0.15) is 13.2 Å². The highest BCUT2D eigenvalue weighted by atomic mass is 35.5. The number of morpholine rings is 1. The van der Waals surface area contributed by atoms with Crippen LogP contribution in [0.5, 0.6) is 11.5 Å². The number of alkyl halides is 3. The molecule has 1 aromatic heterocycles. The lowest BCUT2D eigenvalue weighted by atomic mass is 9.84. The Hall–Kier alpha value is -4.71. The number of nitrogens with zero attached hydrogens (tertiary/aromatic N) is 2. The fourth-order valence-corrected chi connectivity index (χ4v) is 5.76. The third kappa shape index (κ3) is 9.55. The lowest BCUT2D eigenvalue weighted by Gasteiger charge is -2.31. The zero-order valence-corrected chi connectivity index (χ0v) is 27.8. The maximum absolute atomic E-state index is 15.4. The quantitative estimate of drug-likeness (QED) is 0.238. The number of amides is 3. The maximum Gasteiger partial charge on any atom is 0.421 e. The topological polar surface area (TPSA) is 164 Å². The summed E-state index contributed by atoms with van der Waals surface area (Å²) in [6, 6.07) is 9.82. The van der Waals surface area contributed by atoms with Crippen molar-refractivity contribution in [1.29, 1.82) is 0 Å². The zero-order chi connectivity index (χ0) is 36.7. The van der Waals surface area contributed by atoms with Gasteiger partial charge in [-0.15, -0.1) is 0 Å². The van der Waals surface area contributed by atoms with Gasteiger partial charge in [0.25, 0.3) is 5.91 Å². The van der Waals surface area contributed by atoms with Gasteiger partial charge in [-0.25, -0.2) is 18.9 Å². The van der Waals surface area contributed by atoms with Gasteiger partial charge in [-0.1, -0.05) is 29.8 Å². The Balaban J connectivity index is 1.31. The van der Waals surface area contributed by atoms with Gasteiger partial charge in [0.05, 0.1) is 50.0 Å². The van der Waals surface area contributed by atoms with Crippen LogP contribution in [-0.2, 0) is 25.4 Å². The van der Waals surface area contributed by atoms with E-state index in [2.05, 4.69) is 10.3 Å². The summed E-state index contributed by atoms with van der Waals surface area (Å²) in [4.78, 5) is 43.6. The number of alkyl carbamates (subject to hydrolysis) is 1. The van der Waals surface area contributed by atoms with Gasteiger partial charge in [0.15, 0.2) is 11.5 Å². The summed E-state index contributed by atoms with van der Waals surface area (Å²) >= 11 is 6.13. The molecule has 0 bridgehead atoms. The van der Waals surface area contributed by atoms with Crippen LogP contribution in [0.2, 0.25) is 5.02 Å². The summed E-state index contributed by atoms with van der Waals surface area (Å²) in [5, 5.41) is 5.13. The van der Waals surface area contributed by atoms with Crippen LogP contribution in [0, 0.1) is 5.82 Å². The number of fused-ring (bicyclic) bond motifs is 1. The summed E-state index contributed by atoms with van der Waals surface area (Å²) in [6.45, 7) is -1.49. The maximum atomic E-state index is 15.4. The van der Waals surface area contributed by atoms with Gasteiger partial charge in [0, 0.05) is 23.0 Å². The first-order valence-corrected chi connectivity index (χ1v) is 16.0. The van der Waals surface area contributed by atoms with E-state index in [9.17, 15) is 27.6 Å². The molecule has 2 aliphatic rings. The van der Waals surface area contributed by atoms with Crippen molar-refractivity contribution < 1.29 is 55.6 Å². The molecule has 0 saturated carbocycles. The number of ether oxygens (including phenoxy) is 5. The predicted molar refractivity (Wildman–Crippen MR) is 173 cm³/mol. The highest BCUT2D eigenvalue weighted by molar-refractivity contribution is 6.30. The van der Waals surface area contributed by atoms with Crippen LogP contribution >= 0.6 is 11.6 Å². The molecule has 1 fully saturated rings. The van der Waals surface area contributed by atoms with Crippen molar-refractivity contribution in [2.24, 2.45) is 5.73 Å². The zero-order valence-electron chi connectivity index (χ0n) is 27.1. The van der Waals surface area contributed by atoms with Gasteiger partial charge in [0.1, 0.15) is 19.0 Å². The molecular formula is C33H34ClF4N5O8. The van der Waals surface area contributed by atoms with Gasteiger partial charge >= 0.3 is 18.4 Å². The number of pyridine rings is 1. The van der Waals surface area contributed by atoms with E-state index in [4.69, 9.17) is 41.0 Å². The van der Waals surface area contributed by atoms with Crippen LogP contribution in [-0.4, -0.2) is 87.6 Å². The minimum atomic E-state index is -4.58. The second-order valence-corrected chi connectivity index (χ2v) is 12.0. The summed E-state index contributed by atoms with van der Waals surface area (Å²) in [6.07, 6.45) is -5.11. The Labute approximate surface area is 294 Å². The number of anilines is 1. The van der Waals surface area contributed by atoms with Gasteiger partial charge in [-0.3, -0.25) is 9.78 Å². The predicted octanol–water partition coefficient (Wildman–Crippen LogP) is 4.44. The fourth-order valence-electron chi connectivity index (χ4n) is 5.63. The average Bonchev–Trinajstić information content (AvgIpc) is 3.59. The molecule has 13 nitrogen and oxygen atoms in total. The lowest BCUT2D eigenvalue weighted by molar-refractivity contribution is -0.124. The number of carbonyl (C=O) groups excluding carboxylic acids is 3. The Kier molecular flexibility index (Phi) is 12.2. The number of methoxy groups -OCH3 is 1. The number of aromatic nitrogens is 1. The van der Waals surface area contributed by atoms with Crippen molar-refractivity contribution in [2.75, 3.05) is 45.1 Å². The molecular weight excluding hydrogens is 706 g/mol. The molecule has 0 aliphatic carbocycles. The molecule has 4 N–H and O–H groups in total. The van der Waals surface area contributed by atoms with Crippen molar-refractivity contribution in [3.05, 3.63) is 82.4 Å². The number of hydrogen-bond donors (Lipinski definition) is 3. The van der Waals surface area contributed by atoms with Crippen molar-refractivity contribution in [1.82, 2.24) is 15.6 Å². The highest BCUT2D eigenvalue weighted by Crippen LogP contribution is 2.38. The minimum absolute atomic E-state index is 0.0180. The molecule has 3 heterocycles. The van der Waals surface area contributed by atoms with E-state index in [1.54, 1.807) is 47.8 Å². The molecule has 0 unspecified atom stereocenters. The van der Waals surface area contributed by atoms with E-state index < -0.39 is 60.7 Å². The molecule has 5 rings (SSSR count). The second-order valence-electron chi connectivity index (χ2n) is 11.6. The van der Waals surface area contributed by atoms with Crippen molar-refractivity contribution in [3.63, 3.8) is 0 Å². The van der Waals surface area contributed by atoms with E-state index >= 15 is 4.39 Å². The normalized spacial score (nSPS) is 18.0. The number of carbonyl (C=O) groups is 3. The molecule has 0 radical (unpaired) electrons. The molecule has 2 aromatic carbocycles. The fraction of sp³-hybridized carbons (Fsp3) is 0.394. The highest BCUT2D eigenvalue weighted by Gasteiger charge is 2.38. The number of halogens is 5. The Morgan fingerprint density at radius 3 is 2.53 bits per heavy atom. The summed E-state index contributed by atoms with van der Waals surface area (Å²) in [5.41, 5.74) is 7.63. The number of imide groups is 1. The summed E-state index contributed by atoms with van der Waals surface area (Å²) < 4.78 is 78.8. The first-order valence-electron chi connectivity index (χ1n) is 15.6. The van der Waals surface area contributed by atoms with Gasteiger partial charge < -0.3 is 40.1 Å². The Bertz CT molecular complexity index is 1710.